The number of hydrogen-bond acceptors (Lipinski definition) is 4. The van der Waals surface area contributed by atoms with Gasteiger partial charge < -0.3 is 20.4 Å². The lowest BCUT2D eigenvalue weighted by Crippen LogP contribution is -2.16. The van der Waals surface area contributed by atoms with Gasteiger partial charge in [0.15, 0.2) is 0 Å². The molecule has 2 rings (SSSR count). The zero-order valence-electron chi connectivity index (χ0n) is 12.6. The molecule has 0 aromatic rings. The predicted molar refractivity (Wildman–Crippen MR) is 79.4 cm³/mol. The highest BCUT2D eigenvalue weighted by Gasteiger charge is 2.13. The molecular formula is C16H32O4. The molecule has 2 saturated carbocycles. The molecule has 0 radical (unpaired) electrons. The van der Waals surface area contributed by atoms with E-state index in [0.717, 1.165) is 77.0 Å². The van der Waals surface area contributed by atoms with Crippen LogP contribution >= 0.6 is 0 Å². The van der Waals surface area contributed by atoms with Crippen molar-refractivity contribution in [2.75, 3.05) is 0 Å². The summed E-state index contributed by atoms with van der Waals surface area (Å²) < 4.78 is 0. The Morgan fingerprint density at radius 3 is 0.950 bits per heavy atom. The molecule has 4 N–H and O–H groups in total. The normalized spacial score (nSPS) is 36.6. The first-order valence-corrected chi connectivity index (χ1v) is 8.30. The maximum Gasteiger partial charge on any atom is 0.0541 e. The van der Waals surface area contributed by atoms with E-state index in [2.05, 4.69) is 0 Å². The van der Waals surface area contributed by atoms with Gasteiger partial charge in [0.2, 0.25) is 0 Å². The fourth-order valence-corrected chi connectivity index (χ4v) is 2.90. The molecule has 2 atom stereocenters. The second kappa shape index (κ2) is 10.6. The van der Waals surface area contributed by atoms with Crippen LogP contribution in [0.3, 0.4) is 0 Å². The van der Waals surface area contributed by atoms with Crippen molar-refractivity contribution in [2.24, 2.45) is 0 Å². The van der Waals surface area contributed by atoms with Crippen molar-refractivity contribution >= 4 is 0 Å². The second-order valence-corrected chi connectivity index (χ2v) is 6.34. The van der Waals surface area contributed by atoms with E-state index in [1.165, 1.54) is 0 Å². The summed E-state index contributed by atoms with van der Waals surface area (Å²) in [5.41, 5.74) is 0. The summed E-state index contributed by atoms with van der Waals surface area (Å²) in [6.45, 7) is 0. The summed E-state index contributed by atoms with van der Waals surface area (Å²) in [7, 11) is 0. The Morgan fingerprint density at radius 2 is 0.600 bits per heavy atom. The number of hydrogen-bond donors (Lipinski definition) is 4. The third kappa shape index (κ3) is 8.90. The molecule has 0 aromatic carbocycles. The first kappa shape index (κ1) is 17.9. The van der Waals surface area contributed by atoms with Crippen molar-refractivity contribution in [3.63, 3.8) is 0 Å². The van der Waals surface area contributed by atoms with E-state index in [4.69, 9.17) is 0 Å². The van der Waals surface area contributed by atoms with Crippen LogP contribution in [0, 0.1) is 0 Å². The monoisotopic (exact) mass is 288 g/mol. The van der Waals surface area contributed by atoms with E-state index in [9.17, 15) is 20.4 Å². The van der Waals surface area contributed by atoms with Gasteiger partial charge in [-0.25, -0.2) is 0 Å². The molecule has 2 fully saturated rings. The summed E-state index contributed by atoms with van der Waals surface area (Å²) in [5, 5.41) is 36.9. The van der Waals surface area contributed by atoms with Crippen molar-refractivity contribution in [1.82, 2.24) is 0 Å². The minimum atomic E-state index is -0.157. The maximum atomic E-state index is 9.22. The van der Waals surface area contributed by atoms with Crippen LogP contribution in [0.1, 0.15) is 77.0 Å². The predicted octanol–water partition coefficient (Wildman–Crippen LogP) is 2.12. The van der Waals surface area contributed by atoms with Crippen molar-refractivity contribution in [2.45, 2.75) is 101 Å². The van der Waals surface area contributed by atoms with E-state index in [1.807, 2.05) is 0 Å². The second-order valence-electron chi connectivity index (χ2n) is 6.34. The Kier molecular flexibility index (Phi) is 9.44. The molecule has 4 heteroatoms. The van der Waals surface area contributed by atoms with Gasteiger partial charge in [0.05, 0.1) is 24.4 Å². The van der Waals surface area contributed by atoms with Crippen molar-refractivity contribution < 1.29 is 20.4 Å². The summed E-state index contributed by atoms with van der Waals surface area (Å²) >= 11 is 0. The van der Waals surface area contributed by atoms with Gasteiger partial charge in [0.25, 0.3) is 0 Å². The smallest absolute Gasteiger partial charge is 0.0541 e. The molecule has 20 heavy (non-hydrogen) atoms. The maximum absolute atomic E-state index is 9.22. The fourth-order valence-electron chi connectivity index (χ4n) is 2.90. The largest absolute Gasteiger partial charge is 0.393 e. The Morgan fingerprint density at radius 1 is 0.350 bits per heavy atom. The molecule has 4 nitrogen and oxygen atoms in total. The lowest BCUT2D eigenvalue weighted by atomic mass is 9.97. The molecule has 0 bridgehead atoms. The SMILES string of the molecule is OC1CCCC(O)CCC1.OC1CCCCC(O)CC1. The summed E-state index contributed by atoms with van der Waals surface area (Å²) in [4.78, 5) is 0. The van der Waals surface area contributed by atoms with Gasteiger partial charge >= 0.3 is 0 Å². The van der Waals surface area contributed by atoms with Gasteiger partial charge in [0.1, 0.15) is 0 Å². The molecule has 2 aliphatic carbocycles. The van der Waals surface area contributed by atoms with Gasteiger partial charge in [-0.05, 0) is 64.2 Å². The standard InChI is InChI=1S/2C8H16O2/c9-7-3-1-4-8(10)6-2-5-7;9-7-3-1-2-4-8(10)6-5-7/h2*7-10H,1-6H2. The highest BCUT2D eigenvalue weighted by Crippen LogP contribution is 2.17. The zero-order valence-corrected chi connectivity index (χ0v) is 12.6. The third-order valence-corrected chi connectivity index (χ3v) is 4.31. The average molecular weight is 288 g/mol. The molecule has 0 aromatic heterocycles. The zero-order chi connectivity index (χ0) is 14.8. The first-order chi connectivity index (χ1) is 9.58. The Bertz CT molecular complexity index is 203. The molecule has 0 aliphatic heterocycles. The van der Waals surface area contributed by atoms with Gasteiger partial charge in [-0.1, -0.05) is 12.8 Å². The van der Waals surface area contributed by atoms with Crippen LogP contribution in [0.5, 0.6) is 0 Å². The lowest BCUT2D eigenvalue weighted by molar-refractivity contribution is 0.0866. The van der Waals surface area contributed by atoms with Crippen LogP contribution in [0.4, 0.5) is 0 Å². The topological polar surface area (TPSA) is 80.9 Å². The van der Waals surface area contributed by atoms with Crippen LogP contribution < -0.4 is 0 Å². The Hall–Kier alpha value is -0.160. The van der Waals surface area contributed by atoms with E-state index in [-0.39, 0.29) is 24.4 Å². The summed E-state index contributed by atoms with van der Waals surface area (Å²) in [5.74, 6) is 0. The highest BCUT2D eigenvalue weighted by atomic mass is 16.3. The van der Waals surface area contributed by atoms with Crippen LogP contribution in [-0.4, -0.2) is 44.8 Å². The van der Waals surface area contributed by atoms with Gasteiger partial charge in [0, 0.05) is 0 Å². The average Bonchev–Trinajstić information content (AvgIpc) is 2.38. The molecule has 2 aliphatic rings. The Labute approximate surface area is 122 Å². The minimum absolute atomic E-state index is 0.104. The van der Waals surface area contributed by atoms with Crippen molar-refractivity contribution in [1.29, 1.82) is 0 Å². The number of rotatable bonds is 0. The lowest BCUT2D eigenvalue weighted by Gasteiger charge is -2.17. The summed E-state index contributed by atoms with van der Waals surface area (Å²) in [6, 6.07) is 0. The third-order valence-electron chi connectivity index (χ3n) is 4.31. The minimum Gasteiger partial charge on any atom is -0.393 e. The number of aliphatic hydroxyl groups excluding tert-OH is 4. The molecule has 2 unspecified atom stereocenters. The molecular weight excluding hydrogens is 256 g/mol. The Balaban J connectivity index is 0.000000200. The van der Waals surface area contributed by atoms with Crippen LogP contribution in [0.25, 0.3) is 0 Å². The van der Waals surface area contributed by atoms with Crippen LogP contribution in [-0.2, 0) is 0 Å². The molecule has 0 spiro atoms. The molecule has 0 amide bonds. The number of aliphatic hydroxyl groups is 4. The van der Waals surface area contributed by atoms with Gasteiger partial charge in [-0.3, -0.25) is 0 Å². The van der Waals surface area contributed by atoms with Gasteiger partial charge in [-0.15, -0.1) is 0 Å². The van der Waals surface area contributed by atoms with E-state index >= 15 is 0 Å². The van der Waals surface area contributed by atoms with E-state index < -0.39 is 0 Å². The van der Waals surface area contributed by atoms with Crippen molar-refractivity contribution in [3.8, 4) is 0 Å². The van der Waals surface area contributed by atoms with E-state index in [1.54, 1.807) is 0 Å². The summed E-state index contributed by atoms with van der Waals surface area (Å²) in [6.07, 6.45) is 10.5. The first-order valence-electron chi connectivity index (χ1n) is 8.30. The van der Waals surface area contributed by atoms with E-state index in [0.29, 0.717) is 0 Å². The molecule has 0 saturated heterocycles. The highest BCUT2D eigenvalue weighted by molar-refractivity contribution is 4.66. The van der Waals surface area contributed by atoms with Crippen molar-refractivity contribution in [3.05, 3.63) is 0 Å². The molecule has 0 heterocycles. The van der Waals surface area contributed by atoms with Crippen LogP contribution in [0.2, 0.25) is 0 Å². The van der Waals surface area contributed by atoms with Gasteiger partial charge in [-0.2, -0.15) is 0 Å². The quantitative estimate of drug-likeness (QED) is 0.550. The molecule has 120 valence electrons. The fraction of sp³-hybridized carbons (Fsp3) is 1.00. The van der Waals surface area contributed by atoms with Crippen LogP contribution in [0.15, 0.2) is 0 Å².